The lowest BCUT2D eigenvalue weighted by atomic mass is 9.87. The van der Waals surface area contributed by atoms with E-state index < -0.39 is 34.1 Å². The average Bonchev–Trinajstić information content (AvgIpc) is 3.94. The van der Waals surface area contributed by atoms with Gasteiger partial charge >= 0.3 is 5.97 Å². The van der Waals surface area contributed by atoms with Gasteiger partial charge in [-0.1, -0.05) is 59.3 Å². The van der Waals surface area contributed by atoms with Crippen molar-refractivity contribution in [2.75, 3.05) is 20.2 Å². The number of methoxy groups -OCH3 is 1. The Hall–Kier alpha value is -6.47. The third-order valence-corrected chi connectivity index (χ3v) is 16.1. The first kappa shape index (κ1) is 47.6. The number of nitrogens with zero attached hydrogens (tertiary/aromatic N) is 8. The van der Waals surface area contributed by atoms with Crippen LogP contribution in [0.3, 0.4) is 0 Å². The van der Waals surface area contributed by atoms with Crippen molar-refractivity contribution >= 4 is 61.6 Å². The number of aryl methyl sites for hydroxylation is 4. The van der Waals surface area contributed by atoms with Crippen LogP contribution in [0.1, 0.15) is 100 Å². The molecule has 2 aliphatic heterocycles. The van der Waals surface area contributed by atoms with Gasteiger partial charge in [-0.3, -0.25) is 19.1 Å². The maximum absolute atomic E-state index is 14.3. The standard InChI is InChI=1S/C50H52ClN9O7S2/c1-28-26-59(27-33-11-9-12-35(20-33)38(24-45(62)63)36-22-39-48(42(23-36)66-6)58(5)57-55-39)69(64,65)43-18-13-32(21-41(43)67-28)10-7-8-19-52-44(61)25-40-49-56-54-31(4)60(49)50-46(29(2)30(3)68-50)47(53-40)34-14-16-37(51)17-15-34/h9,11-18,20-23,28,38,40H,7-8,10,19,24-27H2,1-6H3,(H,52,61)(H,62,63)/t28-,38+,40+/m1/s1. The molecule has 9 rings (SSSR count). The van der Waals surface area contributed by atoms with Crippen molar-refractivity contribution in [3.63, 3.8) is 0 Å². The van der Waals surface area contributed by atoms with E-state index in [0.717, 1.165) is 45.2 Å². The molecule has 358 valence electrons. The molecular formula is C50H52ClN9O7S2. The molecule has 0 aliphatic carbocycles. The van der Waals surface area contributed by atoms with Gasteiger partial charge in [0, 0.05) is 47.1 Å². The molecule has 0 radical (unpaired) electrons. The Morgan fingerprint density at radius 3 is 2.55 bits per heavy atom. The lowest BCUT2D eigenvalue weighted by molar-refractivity contribution is -0.137. The first-order valence-electron chi connectivity index (χ1n) is 22.7. The van der Waals surface area contributed by atoms with Gasteiger partial charge in [-0.2, -0.15) is 4.31 Å². The average molecular weight is 991 g/mol. The molecule has 1 amide bonds. The minimum absolute atomic E-state index is 0.0498. The number of aliphatic imine (C=N–C) groups is 1. The number of nitrogens with one attached hydrogen (secondary N) is 1. The summed E-state index contributed by atoms with van der Waals surface area (Å²) in [6, 6.07) is 23.2. The number of sulfonamides is 1. The van der Waals surface area contributed by atoms with Gasteiger partial charge in [-0.15, -0.1) is 26.6 Å². The summed E-state index contributed by atoms with van der Waals surface area (Å²) in [6.07, 6.45) is 1.49. The number of aliphatic carboxylic acids is 1. The molecule has 7 aromatic rings. The molecule has 2 N–H and O–H groups in total. The topological polar surface area (TPSA) is 196 Å². The molecule has 4 aromatic carbocycles. The van der Waals surface area contributed by atoms with Gasteiger partial charge in [-0.05, 0) is 111 Å². The second kappa shape index (κ2) is 19.5. The molecule has 3 aromatic heterocycles. The second-order valence-corrected chi connectivity index (χ2v) is 21.2. The maximum Gasteiger partial charge on any atom is 0.304 e. The molecule has 0 saturated carbocycles. The van der Waals surface area contributed by atoms with Gasteiger partial charge < -0.3 is 19.9 Å². The maximum atomic E-state index is 14.3. The summed E-state index contributed by atoms with van der Waals surface area (Å²) in [5, 5.41) is 31.9. The van der Waals surface area contributed by atoms with Crippen LogP contribution < -0.4 is 14.8 Å². The van der Waals surface area contributed by atoms with Crippen molar-refractivity contribution in [1.82, 2.24) is 39.4 Å². The number of benzene rings is 4. The van der Waals surface area contributed by atoms with Crippen molar-refractivity contribution in [2.45, 2.75) is 89.3 Å². The van der Waals surface area contributed by atoms with Crippen molar-refractivity contribution in [3.8, 4) is 16.5 Å². The molecule has 0 unspecified atom stereocenters. The molecule has 0 bridgehead atoms. The summed E-state index contributed by atoms with van der Waals surface area (Å²) in [4.78, 5) is 32.2. The number of carbonyl (C=O) groups excluding carboxylic acids is 1. The number of rotatable bonds is 15. The van der Waals surface area contributed by atoms with Gasteiger partial charge in [0.25, 0.3) is 0 Å². The smallest absolute Gasteiger partial charge is 0.304 e. The molecule has 69 heavy (non-hydrogen) atoms. The number of amides is 1. The Bertz CT molecular complexity index is 3260. The lowest BCUT2D eigenvalue weighted by Crippen LogP contribution is -2.35. The highest BCUT2D eigenvalue weighted by molar-refractivity contribution is 7.89. The molecular weight excluding hydrogens is 938 g/mol. The molecule has 5 heterocycles. The molecule has 16 nitrogen and oxygen atoms in total. The molecule has 0 fully saturated rings. The van der Waals surface area contributed by atoms with Gasteiger partial charge in [0.2, 0.25) is 15.9 Å². The number of hydrogen-bond donors (Lipinski definition) is 2. The number of unbranched alkanes of at least 4 members (excludes halogenated alkanes) is 1. The summed E-state index contributed by atoms with van der Waals surface area (Å²) in [5.74, 6) is 0.438. The van der Waals surface area contributed by atoms with Crippen LogP contribution in [0.2, 0.25) is 5.02 Å². The van der Waals surface area contributed by atoms with E-state index in [1.165, 1.54) is 9.18 Å². The van der Waals surface area contributed by atoms with Crippen LogP contribution in [0.15, 0.2) is 88.8 Å². The van der Waals surface area contributed by atoms with Crippen molar-refractivity contribution in [3.05, 3.63) is 139 Å². The zero-order valence-electron chi connectivity index (χ0n) is 39.1. The van der Waals surface area contributed by atoms with E-state index in [2.05, 4.69) is 39.7 Å². The number of carboxylic acids is 1. The van der Waals surface area contributed by atoms with E-state index in [1.54, 1.807) is 48.4 Å². The number of hydrogen-bond acceptors (Lipinski definition) is 12. The first-order chi connectivity index (χ1) is 33.1. The van der Waals surface area contributed by atoms with Crippen molar-refractivity contribution < 1.29 is 32.6 Å². The van der Waals surface area contributed by atoms with Gasteiger partial charge in [0.15, 0.2) is 5.82 Å². The molecule has 0 saturated heterocycles. The van der Waals surface area contributed by atoms with Crippen LogP contribution in [-0.4, -0.2) is 91.5 Å². The molecule has 2 aliphatic rings. The zero-order chi connectivity index (χ0) is 48.7. The number of fused-ring (bicyclic) bond motifs is 5. The minimum atomic E-state index is -4.00. The van der Waals surface area contributed by atoms with Gasteiger partial charge in [0.1, 0.15) is 50.4 Å². The lowest BCUT2D eigenvalue weighted by Gasteiger charge is -2.23. The third-order valence-electron chi connectivity index (χ3n) is 12.8. The Morgan fingerprint density at radius 2 is 1.78 bits per heavy atom. The van der Waals surface area contributed by atoms with E-state index in [9.17, 15) is 23.1 Å². The molecule has 3 atom stereocenters. The van der Waals surface area contributed by atoms with Gasteiger partial charge in [0.05, 0.1) is 32.2 Å². The SMILES string of the molecule is COc1cc([C@@H](CC(=O)O)c2cccc(CN3C[C@@H](C)Oc4cc(CCCCNC(=O)C[C@@H]5N=C(c6ccc(Cl)cc6)c6c(sc(C)c6C)-n6c(C)nnc65)ccc4S3(=O)=O)c2)cc2nnn(C)c12. The van der Waals surface area contributed by atoms with Crippen LogP contribution >= 0.6 is 22.9 Å². The highest BCUT2D eigenvalue weighted by Gasteiger charge is 2.35. The zero-order valence-corrected chi connectivity index (χ0v) is 41.5. The number of halogens is 1. The largest absolute Gasteiger partial charge is 0.494 e. The second-order valence-electron chi connectivity index (χ2n) is 17.6. The van der Waals surface area contributed by atoms with E-state index in [4.69, 9.17) is 26.1 Å². The van der Waals surface area contributed by atoms with Crippen LogP contribution in [0.4, 0.5) is 0 Å². The number of carbonyl (C=O) groups is 2. The van der Waals surface area contributed by atoms with Crippen molar-refractivity contribution in [2.24, 2.45) is 12.0 Å². The van der Waals surface area contributed by atoms with E-state index in [-0.39, 0.29) is 36.7 Å². The summed E-state index contributed by atoms with van der Waals surface area (Å²) in [7, 11) is -0.702. The fourth-order valence-electron chi connectivity index (χ4n) is 9.25. The summed E-state index contributed by atoms with van der Waals surface area (Å²) < 4.78 is 45.6. The molecule has 0 spiro atoms. The predicted octanol–water partition coefficient (Wildman–Crippen LogP) is 8.20. The summed E-state index contributed by atoms with van der Waals surface area (Å²) in [6.45, 7) is 8.53. The normalized spacial score (nSPS) is 16.9. The highest BCUT2D eigenvalue weighted by Crippen LogP contribution is 2.41. The Labute approximate surface area is 409 Å². The van der Waals surface area contributed by atoms with Crippen LogP contribution in [0.5, 0.6) is 11.5 Å². The highest BCUT2D eigenvalue weighted by atomic mass is 35.5. The Morgan fingerprint density at radius 1 is 0.986 bits per heavy atom. The quantitative estimate of drug-likeness (QED) is 0.0940. The minimum Gasteiger partial charge on any atom is -0.494 e. The summed E-state index contributed by atoms with van der Waals surface area (Å²) >= 11 is 7.92. The van der Waals surface area contributed by atoms with E-state index in [1.807, 2.05) is 79.1 Å². The Balaban J connectivity index is 0.848. The number of aromatic nitrogens is 6. The molecule has 19 heteroatoms. The van der Waals surface area contributed by atoms with Crippen LogP contribution in [0.25, 0.3) is 16.0 Å². The fraction of sp³-hybridized carbons (Fsp3) is 0.340. The van der Waals surface area contributed by atoms with E-state index >= 15 is 0 Å². The monoisotopic (exact) mass is 989 g/mol. The predicted molar refractivity (Wildman–Crippen MR) is 264 cm³/mol. The van der Waals surface area contributed by atoms with Gasteiger partial charge in [-0.25, -0.2) is 13.1 Å². The van der Waals surface area contributed by atoms with Crippen LogP contribution in [0, 0.1) is 20.8 Å². The number of carboxylic acid groups (broad SMARTS) is 1. The number of ether oxygens (including phenoxy) is 2. The first-order valence-corrected chi connectivity index (χ1v) is 25.3. The fourth-order valence-corrected chi connectivity index (χ4v) is 12.2. The summed E-state index contributed by atoms with van der Waals surface area (Å²) in [5.41, 5.74) is 8.08. The van der Waals surface area contributed by atoms with E-state index in [0.29, 0.717) is 69.5 Å². The number of thiophene rings is 1. The third kappa shape index (κ3) is 9.62. The Kier molecular flexibility index (Phi) is 13.4. The van der Waals surface area contributed by atoms with Crippen molar-refractivity contribution in [1.29, 1.82) is 0 Å². The van der Waals surface area contributed by atoms with Crippen LogP contribution in [-0.2, 0) is 39.6 Å².